The molecule has 126 valence electrons. The maximum Gasteiger partial charge on any atom is 0.416 e. The third-order valence-corrected chi connectivity index (χ3v) is 3.65. The summed E-state index contributed by atoms with van der Waals surface area (Å²) in [4.78, 5) is 0. The molecule has 0 saturated carbocycles. The van der Waals surface area contributed by atoms with Crippen molar-refractivity contribution in [3.05, 3.63) is 52.2 Å². The number of hydrogen-bond acceptors (Lipinski definition) is 5. The van der Waals surface area contributed by atoms with E-state index in [1.54, 1.807) is 13.8 Å². The van der Waals surface area contributed by atoms with Crippen molar-refractivity contribution in [2.75, 3.05) is 11.9 Å². The second-order valence-electron chi connectivity index (χ2n) is 5.23. The summed E-state index contributed by atoms with van der Waals surface area (Å²) in [5.74, 6) is 0.129. The number of aliphatic hydroxyl groups is 1. The van der Waals surface area contributed by atoms with Crippen molar-refractivity contribution in [3.63, 3.8) is 0 Å². The number of nitrogens with zero attached hydrogens (tertiary/aromatic N) is 3. The first-order valence-corrected chi connectivity index (χ1v) is 7.07. The van der Waals surface area contributed by atoms with E-state index in [1.165, 1.54) is 18.2 Å². The summed E-state index contributed by atoms with van der Waals surface area (Å²) in [6.07, 6.45) is -5.98. The van der Waals surface area contributed by atoms with E-state index in [9.17, 15) is 23.5 Å². The molecule has 2 N–H and O–H groups in total. The summed E-state index contributed by atoms with van der Waals surface area (Å²) < 4.78 is 39.0. The van der Waals surface area contributed by atoms with E-state index < -0.39 is 17.8 Å². The zero-order chi connectivity index (χ0) is 17.9. The zero-order valence-electron chi connectivity index (χ0n) is 13.0. The van der Waals surface area contributed by atoms with Crippen LogP contribution in [0, 0.1) is 25.2 Å². The van der Waals surface area contributed by atoms with E-state index >= 15 is 0 Å². The highest BCUT2D eigenvalue weighted by Gasteiger charge is 2.34. The first kappa shape index (κ1) is 17.7. The lowest BCUT2D eigenvalue weighted by molar-refractivity contribution is -0.139. The van der Waals surface area contributed by atoms with Gasteiger partial charge in [0.25, 0.3) is 0 Å². The molecule has 0 aliphatic rings. The largest absolute Gasteiger partial charge is 0.416 e. The number of anilines is 1. The van der Waals surface area contributed by atoms with E-state index in [1.807, 2.05) is 6.07 Å². The summed E-state index contributed by atoms with van der Waals surface area (Å²) in [5, 5.41) is 29.7. The number of nitriles is 1. The van der Waals surface area contributed by atoms with Gasteiger partial charge in [0, 0.05) is 6.54 Å². The lowest BCUT2D eigenvalue weighted by Gasteiger charge is -2.18. The maximum atomic E-state index is 13.0. The molecule has 0 aliphatic heterocycles. The van der Waals surface area contributed by atoms with E-state index in [2.05, 4.69) is 15.5 Å². The second kappa shape index (κ2) is 6.84. The molecule has 0 saturated heterocycles. The molecule has 1 aromatic heterocycles. The fourth-order valence-electron chi connectivity index (χ4n) is 2.22. The molecule has 0 unspecified atom stereocenters. The van der Waals surface area contributed by atoms with Crippen LogP contribution in [-0.2, 0) is 6.18 Å². The Hall–Kier alpha value is -2.66. The van der Waals surface area contributed by atoms with Gasteiger partial charge >= 0.3 is 6.18 Å². The summed E-state index contributed by atoms with van der Waals surface area (Å²) in [6.45, 7) is 3.16. The van der Waals surface area contributed by atoms with E-state index in [0.29, 0.717) is 11.3 Å². The average molecular weight is 336 g/mol. The number of aromatic nitrogens is 2. The zero-order valence-corrected chi connectivity index (χ0v) is 13.0. The molecular formula is C16H15F3N4O. The van der Waals surface area contributed by atoms with Crippen molar-refractivity contribution >= 4 is 5.82 Å². The quantitative estimate of drug-likeness (QED) is 0.896. The number of alkyl halides is 3. The van der Waals surface area contributed by atoms with Crippen molar-refractivity contribution in [1.29, 1.82) is 5.26 Å². The Bertz CT molecular complexity index is 784. The van der Waals surface area contributed by atoms with Gasteiger partial charge in [0.2, 0.25) is 0 Å². The summed E-state index contributed by atoms with van der Waals surface area (Å²) in [5.41, 5.74) is 0.317. The van der Waals surface area contributed by atoms with E-state index in [-0.39, 0.29) is 23.5 Å². The van der Waals surface area contributed by atoms with Crippen molar-refractivity contribution < 1.29 is 18.3 Å². The second-order valence-corrected chi connectivity index (χ2v) is 5.23. The molecule has 2 aromatic rings. The Kier molecular flexibility index (Phi) is 5.04. The number of hydrogen-bond donors (Lipinski definition) is 2. The number of aliphatic hydroxyl groups excluding tert-OH is 1. The van der Waals surface area contributed by atoms with Gasteiger partial charge in [-0.3, -0.25) is 0 Å². The molecule has 0 bridgehead atoms. The Morgan fingerprint density at radius 3 is 2.54 bits per heavy atom. The molecule has 1 aromatic carbocycles. The molecule has 24 heavy (non-hydrogen) atoms. The fraction of sp³-hybridized carbons (Fsp3) is 0.312. The van der Waals surface area contributed by atoms with Gasteiger partial charge in [-0.1, -0.05) is 18.2 Å². The summed E-state index contributed by atoms with van der Waals surface area (Å²) >= 11 is 0. The number of benzene rings is 1. The van der Waals surface area contributed by atoms with Gasteiger partial charge in [-0.25, -0.2) is 0 Å². The molecular weight excluding hydrogens is 321 g/mol. The van der Waals surface area contributed by atoms with Crippen LogP contribution in [-0.4, -0.2) is 21.8 Å². The molecule has 1 heterocycles. The minimum atomic E-state index is -4.56. The number of rotatable bonds is 4. The van der Waals surface area contributed by atoms with Crippen molar-refractivity contribution in [3.8, 4) is 6.07 Å². The van der Waals surface area contributed by atoms with Crippen LogP contribution in [0.1, 0.15) is 34.1 Å². The van der Waals surface area contributed by atoms with Crippen molar-refractivity contribution in [2.24, 2.45) is 0 Å². The molecule has 2 rings (SSSR count). The van der Waals surface area contributed by atoms with Gasteiger partial charge in [0.1, 0.15) is 11.6 Å². The highest BCUT2D eigenvalue weighted by Crippen LogP contribution is 2.34. The SMILES string of the molecule is Cc1nnc(NC[C@H](O)c2ccccc2C(F)(F)F)c(C#N)c1C. The van der Waals surface area contributed by atoms with E-state index in [4.69, 9.17) is 0 Å². The number of halogens is 3. The van der Waals surface area contributed by atoms with Crippen LogP contribution in [0.2, 0.25) is 0 Å². The molecule has 1 atom stereocenters. The van der Waals surface area contributed by atoms with Gasteiger partial charge in [-0.05, 0) is 31.0 Å². The standard InChI is InChI=1S/C16H15F3N4O/c1-9-10(2)22-23-15(12(9)7-20)21-8-14(24)11-5-3-4-6-13(11)16(17,18)19/h3-6,14,24H,8H2,1-2H3,(H,21,23)/t14-/m0/s1. The molecule has 0 aliphatic carbocycles. The topological polar surface area (TPSA) is 81.8 Å². The minimum absolute atomic E-state index is 0.129. The van der Waals surface area contributed by atoms with Gasteiger partial charge in [0.15, 0.2) is 5.82 Å². The Morgan fingerprint density at radius 2 is 1.92 bits per heavy atom. The normalized spacial score (nSPS) is 12.5. The molecule has 0 fully saturated rings. The Labute approximate surface area is 136 Å². The van der Waals surface area contributed by atoms with Crippen LogP contribution >= 0.6 is 0 Å². The fourth-order valence-corrected chi connectivity index (χ4v) is 2.22. The highest BCUT2D eigenvalue weighted by atomic mass is 19.4. The van der Waals surface area contributed by atoms with Gasteiger partial charge in [-0.2, -0.15) is 23.5 Å². The van der Waals surface area contributed by atoms with Gasteiger partial charge in [0.05, 0.1) is 17.4 Å². The van der Waals surface area contributed by atoms with Crippen LogP contribution in [0.5, 0.6) is 0 Å². The lowest BCUT2D eigenvalue weighted by Crippen LogP contribution is -2.19. The molecule has 8 heteroatoms. The molecule has 0 spiro atoms. The molecule has 0 amide bonds. The van der Waals surface area contributed by atoms with Crippen LogP contribution < -0.4 is 5.32 Å². The van der Waals surface area contributed by atoms with Gasteiger partial charge in [-0.15, -0.1) is 5.10 Å². The number of nitrogens with one attached hydrogen (secondary N) is 1. The van der Waals surface area contributed by atoms with Crippen molar-refractivity contribution in [1.82, 2.24) is 10.2 Å². The average Bonchev–Trinajstić information content (AvgIpc) is 2.54. The molecule has 5 nitrogen and oxygen atoms in total. The van der Waals surface area contributed by atoms with Gasteiger partial charge < -0.3 is 10.4 Å². The van der Waals surface area contributed by atoms with Crippen LogP contribution in [0.3, 0.4) is 0 Å². The summed E-state index contributed by atoms with van der Waals surface area (Å²) in [6, 6.07) is 6.78. The molecule has 0 radical (unpaired) electrons. The first-order valence-electron chi connectivity index (χ1n) is 7.07. The Balaban J connectivity index is 2.23. The van der Waals surface area contributed by atoms with Crippen LogP contribution in [0.25, 0.3) is 0 Å². The summed E-state index contributed by atoms with van der Waals surface area (Å²) in [7, 11) is 0. The predicted molar refractivity (Wildman–Crippen MR) is 81.1 cm³/mol. The van der Waals surface area contributed by atoms with E-state index in [0.717, 1.165) is 6.07 Å². The first-order chi connectivity index (χ1) is 11.3. The monoisotopic (exact) mass is 336 g/mol. The Morgan fingerprint density at radius 1 is 1.25 bits per heavy atom. The predicted octanol–water partition coefficient (Wildman–Crippen LogP) is 3.13. The third-order valence-electron chi connectivity index (χ3n) is 3.65. The highest BCUT2D eigenvalue weighted by molar-refractivity contribution is 5.55. The van der Waals surface area contributed by atoms with Crippen LogP contribution in [0.4, 0.5) is 19.0 Å². The third kappa shape index (κ3) is 3.63. The maximum absolute atomic E-state index is 13.0. The number of aryl methyl sites for hydroxylation is 1. The lowest BCUT2D eigenvalue weighted by atomic mass is 10.0. The minimum Gasteiger partial charge on any atom is -0.387 e. The van der Waals surface area contributed by atoms with Crippen molar-refractivity contribution in [2.45, 2.75) is 26.1 Å². The van der Waals surface area contributed by atoms with Crippen LogP contribution in [0.15, 0.2) is 24.3 Å². The smallest absolute Gasteiger partial charge is 0.387 e.